The summed E-state index contributed by atoms with van der Waals surface area (Å²) >= 11 is 0. The van der Waals surface area contributed by atoms with E-state index in [0.717, 1.165) is 25.3 Å². The molecular weight excluding hydrogens is 208 g/mol. The van der Waals surface area contributed by atoms with Gasteiger partial charge in [-0.05, 0) is 6.42 Å². The number of allylic oxidation sites excluding steroid dienone is 1. The van der Waals surface area contributed by atoms with Gasteiger partial charge in [-0.2, -0.15) is 10.5 Å². The average Bonchev–Trinajstić information content (AvgIpc) is 2.26. The number of hydrogen-bond donors (Lipinski definition) is 1. The van der Waals surface area contributed by atoms with Crippen molar-refractivity contribution < 1.29 is 14.6 Å². The predicted octanol–water partition coefficient (Wildman–Crippen LogP) is 1.40. The molecule has 0 fully saturated rings. The SMILES string of the molecule is CCCCCC(O)OC(=O)C(C#N)=CC#N. The van der Waals surface area contributed by atoms with Crippen LogP contribution in [0.4, 0.5) is 0 Å². The molecular formula is C11H14N2O3. The second kappa shape index (κ2) is 8.46. The Hall–Kier alpha value is -1.85. The van der Waals surface area contributed by atoms with E-state index in [0.29, 0.717) is 6.42 Å². The van der Waals surface area contributed by atoms with Gasteiger partial charge in [0.05, 0.1) is 6.07 Å². The van der Waals surface area contributed by atoms with Crippen LogP contribution in [0.5, 0.6) is 0 Å². The van der Waals surface area contributed by atoms with Crippen molar-refractivity contribution in [3.63, 3.8) is 0 Å². The van der Waals surface area contributed by atoms with Crippen LogP contribution < -0.4 is 0 Å². The Morgan fingerprint density at radius 1 is 1.50 bits per heavy atom. The molecule has 0 radical (unpaired) electrons. The van der Waals surface area contributed by atoms with E-state index in [-0.39, 0.29) is 0 Å². The van der Waals surface area contributed by atoms with Crippen molar-refractivity contribution in [3.8, 4) is 12.1 Å². The Labute approximate surface area is 94.6 Å². The molecule has 0 saturated heterocycles. The average molecular weight is 222 g/mol. The molecule has 0 rings (SSSR count). The lowest BCUT2D eigenvalue weighted by atomic mass is 10.2. The normalized spacial score (nSPS) is 12.4. The first-order valence-electron chi connectivity index (χ1n) is 5.04. The number of carbonyl (C=O) groups is 1. The van der Waals surface area contributed by atoms with Crippen molar-refractivity contribution in [2.24, 2.45) is 0 Å². The van der Waals surface area contributed by atoms with E-state index < -0.39 is 17.8 Å². The molecule has 1 unspecified atom stereocenters. The Bertz CT molecular complexity index is 336. The number of unbranched alkanes of at least 4 members (excludes halogenated alkanes) is 2. The van der Waals surface area contributed by atoms with Crippen LogP contribution in [0.2, 0.25) is 0 Å². The predicted molar refractivity (Wildman–Crippen MR) is 55.5 cm³/mol. The molecule has 0 amide bonds. The van der Waals surface area contributed by atoms with Crippen LogP contribution in [-0.2, 0) is 9.53 Å². The largest absolute Gasteiger partial charge is 0.432 e. The third-order valence-electron chi connectivity index (χ3n) is 1.85. The van der Waals surface area contributed by atoms with Crippen molar-refractivity contribution in [2.45, 2.75) is 38.9 Å². The van der Waals surface area contributed by atoms with Crippen molar-refractivity contribution in [3.05, 3.63) is 11.6 Å². The monoisotopic (exact) mass is 222 g/mol. The third kappa shape index (κ3) is 5.79. The van der Waals surface area contributed by atoms with Gasteiger partial charge in [-0.15, -0.1) is 0 Å². The minimum atomic E-state index is -1.21. The molecule has 86 valence electrons. The number of rotatable bonds is 6. The Balaban J connectivity index is 4.10. The number of ether oxygens (including phenoxy) is 1. The summed E-state index contributed by atoms with van der Waals surface area (Å²) in [6, 6.07) is 3.09. The fourth-order valence-corrected chi connectivity index (χ4v) is 1.02. The molecule has 5 heteroatoms. The highest BCUT2D eigenvalue weighted by Crippen LogP contribution is 2.06. The highest BCUT2D eigenvalue weighted by Gasteiger charge is 2.15. The lowest BCUT2D eigenvalue weighted by Crippen LogP contribution is -2.18. The fraction of sp³-hybridized carbons (Fsp3) is 0.545. The summed E-state index contributed by atoms with van der Waals surface area (Å²) in [4.78, 5) is 11.2. The number of hydrogen-bond acceptors (Lipinski definition) is 5. The van der Waals surface area contributed by atoms with E-state index in [1.807, 2.05) is 6.92 Å². The number of nitriles is 2. The van der Waals surface area contributed by atoms with Crippen molar-refractivity contribution >= 4 is 5.97 Å². The van der Waals surface area contributed by atoms with Gasteiger partial charge in [-0.25, -0.2) is 4.79 Å². The zero-order valence-electron chi connectivity index (χ0n) is 9.14. The maximum absolute atomic E-state index is 11.2. The summed E-state index contributed by atoms with van der Waals surface area (Å²) in [6.07, 6.45) is 2.60. The van der Waals surface area contributed by atoms with E-state index in [1.165, 1.54) is 6.07 Å². The van der Waals surface area contributed by atoms with E-state index >= 15 is 0 Å². The van der Waals surface area contributed by atoms with Gasteiger partial charge in [0.25, 0.3) is 0 Å². The lowest BCUT2D eigenvalue weighted by Gasteiger charge is -2.10. The molecule has 0 aliphatic heterocycles. The summed E-state index contributed by atoms with van der Waals surface area (Å²) in [5.74, 6) is -0.965. The molecule has 0 saturated carbocycles. The van der Waals surface area contributed by atoms with Crippen LogP contribution in [0.3, 0.4) is 0 Å². The second-order valence-corrected chi connectivity index (χ2v) is 3.15. The Kier molecular flexibility index (Phi) is 7.48. The molecule has 0 heterocycles. The van der Waals surface area contributed by atoms with Crippen LogP contribution in [0, 0.1) is 22.7 Å². The van der Waals surface area contributed by atoms with Crippen molar-refractivity contribution in [1.29, 1.82) is 10.5 Å². The van der Waals surface area contributed by atoms with Gasteiger partial charge < -0.3 is 9.84 Å². The topological polar surface area (TPSA) is 94.1 Å². The number of aliphatic hydroxyl groups is 1. The summed E-state index contributed by atoms with van der Waals surface area (Å²) in [7, 11) is 0. The van der Waals surface area contributed by atoms with Crippen molar-refractivity contribution in [2.75, 3.05) is 0 Å². The fourth-order valence-electron chi connectivity index (χ4n) is 1.02. The first-order valence-corrected chi connectivity index (χ1v) is 5.04. The number of esters is 1. The second-order valence-electron chi connectivity index (χ2n) is 3.15. The third-order valence-corrected chi connectivity index (χ3v) is 1.85. The maximum Gasteiger partial charge on any atom is 0.351 e. The molecule has 0 aromatic rings. The van der Waals surface area contributed by atoms with Crippen molar-refractivity contribution in [1.82, 2.24) is 0 Å². The lowest BCUT2D eigenvalue weighted by molar-refractivity contribution is -0.163. The quantitative estimate of drug-likeness (QED) is 0.241. The smallest absolute Gasteiger partial charge is 0.351 e. The Morgan fingerprint density at radius 2 is 2.19 bits per heavy atom. The van der Waals surface area contributed by atoms with Gasteiger partial charge in [0.1, 0.15) is 11.6 Å². The van der Waals surface area contributed by atoms with E-state index in [4.69, 9.17) is 10.5 Å². The van der Waals surface area contributed by atoms with Gasteiger partial charge in [-0.1, -0.05) is 19.8 Å². The van der Waals surface area contributed by atoms with Gasteiger partial charge >= 0.3 is 5.97 Å². The molecule has 1 N–H and O–H groups in total. The van der Waals surface area contributed by atoms with E-state index in [2.05, 4.69) is 4.74 Å². The maximum atomic E-state index is 11.2. The molecule has 0 bridgehead atoms. The molecule has 0 spiro atoms. The molecule has 0 aliphatic rings. The standard InChI is InChI=1S/C11H14N2O3/c1-2-3-4-5-10(14)16-11(15)9(8-13)6-7-12/h6,10,14H,2-5H2,1H3. The van der Waals surface area contributed by atoms with Crippen LogP contribution in [0.1, 0.15) is 32.6 Å². The van der Waals surface area contributed by atoms with Crippen LogP contribution >= 0.6 is 0 Å². The summed E-state index contributed by atoms with van der Waals surface area (Å²) in [6.45, 7) is 2.02. The van der Waals surface area contributed by atoms with Crippen LogP contribution in [0.25, 0.3) is 0 Å². The van der Waals surface area contributed by atoms with E-state index in [1.54, 1.807) is 6.07 Å². The van der Waals surface area contributed by atoms with Crippen LogP contribution in [-0.4, -0.2) is 17.4 Å². The molecule has 0 aromatic carbocycles. The summed E-state index contributed by atoms with van der Waals surface area (Å²) in [5, 5.41) is 26.1. The minimum absolute atomic E-state index is 0.338. The number of nitrogens with zero attached hydrogens (tertiary/aromatic N) is 2. The van der Waals surface area contributed by atoms with E-state index in [9.17, 15) is 9.90 Å². The number of carbonyl (C=O) groups excluding carboxylic acids is 1. The highest BCUT2D eigenvalue weighted by molar-refractivity contribution is 5.93. The minimum Gasteiger partial charge on any atom is -0.432 e. The Morgan fingerprint density at radius 3 is 2.69 bits per heavy atom. The van der Waals surface area contributed by atoms with Gasteiger partial charge in [-0.3, -0.25) is 0 Å². The first-order chi connectivity index (χ1) is 7.65. The molecule has 0 aromatic heterocycles. The van der Waals surface area contributed by atoms with Gasteiger partial charge in [0.15, 0.2) is 0 Å². The van der Waals surface area contributed by atoms with Gasteiger partial charge in [0, 0.05) is 12.5 Å². The zero-order chi connectivity index (χ0) is 12.4. The zero-order valence-corrected chi connectivity index (χ0v) is 9.14. The molecule has 1 atom stereocenters. The van der Waals surface area contributed by atoms with Crippen LogP contribution in [0.15, 0.2) is 11.6 Å². The molecule has 0 aliphatic carbocycles. The molecule has 5 nitrogen and oxygen atoms in total. The highest BCUT2D eigenvalue weighted by atomic mass is 16.6. The summed E-state index contributed by atoms with van der Waals surface area (Å²) < 4.78 is 4.58. The van der Waals surface area contributed by atoms with Gasteiger partial charge in [0.2, 0.25) is 6.29 Å². The molecule has 16 heavy (non-hydrogen) atoms. The number of aliphatic hydroxyl groups excluding tert-OH is 1. The first kappa shape index (κ1) is 14.2. The summed E-state index contributed by atoms with van der Waals surface area (Å²) in [5.41, 5.74) is -0.406.